The molecule has 0 aliphatic heterocycles. The van der Waals surface area contributed by atoms with Crippen molar-refractivity contribution in [3.05, 3.63) is 69.6 Å². The van der Waals surface area contributed by atoms with Crippen molar-refractivity contribution in [1.29, 1.82) is 0 Å². The molecule has 0 aliphatic carbocycles. The van der Waals surface area contributed by atoms with Crippen LogP contribution < -0.4 is 37.7 Å². The molecule has 0 bridgehead atoms. The minimum atomic E-state index is -2.25. The standard InChI is InChI=1S/2C6HF5N.2Li/c2*7-1-2(8)4(10)6(12)5(11)3(1)9;;/h2*12H;;/q2*-1;2*+1. The number of halogens is 10. The molecule has 0 aromatic heterocycles. The molecule has 0 unspecified atom stereocenters. The van der Waals surface area contributed by atoms with Gasteiger partial charge in [-0.2, -0.15) is 0 Å². The molecule has 0 spiro atoms. The minimum Gasteiger partial charge on any atom is -0.694 e. The van der Waals surface area contributed by atoms with Crippen LogP contribution in [-0.2, 0) is 0 Å². The van der Waals surface area contributed by atoms with Gasteiger partial charge in [0.05, 0.1) is 0 Å². The number of rotatable bonds is 0. The van der Waals surface area contributed by atoms with Crippen LogP contribution in [0.15, 0.2) is 0 Å². The first-order chi connectivity index (χ1) is 10.9. The van der Waals surface area contributed by atoms with E-state index in [0.29, 0.717) is 0 Å². The third-order valence-electron chi connectivity index (χ3n) is 2.42. The molecule has 14 heteroatoms. The van der Waals surface area contributed by atoms with E-state index in [0.717, 1.165) is 0 Å². The fraction of sp³-hybridized carbons (Fsp3) is 0. The third-order valence-corrected chi connectivity index (χ3v) is 2.42. The van der Waals surface area contributed by atoms with Gasteiger partial charge < -0.3 is 11.5 Å². The Bertz CT molecular complexity index is 538. The summed E-state index contributed by atoms with van der Waals surface area (Å²) >= 11 is 0. The van der Waals surface area contributed by atoms with Crippen molar-refractivity contribution in [1.82, 2.24) is 0 Å². The molecule has 0 saturated carbocycles. The van der Waals surface area contributed by atoms with E-state index in [2.05, 4.69) is 0 Å². The Morgan fingerprint density at radius 2 is 0.423 bits per heavy atom. The Labute approximate surface area is 162 Å². The summed E-state index contributed by atoms with van der Waals surface area (Å²) in [7, 11) is 0. The first kappa shape index (κ1) is 26.8. The molecule has 2 N–H and O–H groups in total. The van der Waals surface area contributed by atoms with Crippen LogP contribution in [-0.4, -0.2) is 0 Å². The van der Waals surface area contributed by atoms with E-state index in [9.17, 15) is 43.9 Å². The molecule has 2 aromatic carbocycles. The predicted octanol–water partition coefficient (Wildman–Crippen LogP) is 0.140. The van der Waals surface area contributed by atoms with Crippen molar-refractivity contribution < 1.29 is 81.6 Å². The average molecular weight is 378 g/mol. The van der Waals surface area contributed by atoms with Crippen LogP contribution in [0.25, 0.3) is 11.5 Å². The molecule has 0 radical (unpaired) electrons. The zero-order chi connectivity index (χ0) is 18.9. The van der Waals surface area contributed by atoms with Gasteiger partial charge in [-0.05, 0) is 0 Å². The van der Waals surface area contributed by atoms with Gasteiger partial charge in [0.2, 0.25) is 0 Å². The van der Waals surface area contributed by atoms with Crippen LogP contribution in [0.5, 0.6) is 0 Å². The summed E-state index contributed by atoms with van der Waals surface area (Å²) in [6, 6.07) is 0. The number of hydrogen-bond acceptors (Lipinski definition) is 0. The molecule has 0 atom stereocenters. The largest absolute Gasteiger partial charge is 1.00 e. The van der Waals surface area contributed by atoms with Gasteiger partial charge in [0.1, 0.15) is 23.3 Å². The Balaban J connectivity index is 0. The van der Waals surface area contributed by atoms with Gasteiger partial charge in [0.25, 0.3) is 0 Å². The summed E-state index contributed by atoms with van der Waals surface area (Å²) in [4.78, 5) is 0. The molecule has 0 heterocycles. The average Bonchev–Trinajstić information content (AvgIpc) is 2.58. The molecule has 0 saturated heterocycles. The van der Waals surface area contributed by atoms with Crippen molar-refractivity contribution in [2.45, 2.75) is 0 Å². The van der Waals surface area contributed by atoms with Gasteiger partial charge in [-0.1, -0.05) is 11.4 Å². The van der Waals surface area contributed by atoms with E-state index in [4.69, 9.17) is 11.5 Å². The van der Waals surface area contributed by atoms with Gasteiger partial charge in [0.15, 0.2) is 34.9 Å². The van der Waals surface area contributed by atoms with Crippen LogP contribution in [0.1, 0.15) is 0 Å². The second-order valence-corrected chi connectivity index (χ2v) is 3.89. The second-order valence-electron chi connectivity index (χ2n) is 3.89. The number of benzene rings is 2. The van der Waals surface area contributed by atoms with E-state index in [-0.39, 0.29) is 37.7 Å². The molecule has 0 fully saturated rings. The fourth-order valence-corrected chi connectivity index (χ4v) is 1.21. The summed E-state index contributed by atoms with van der Waals surface area (Å²) in [6.07, 6.45) is 0. The zero-order valence-electron chi connectivity index (χ0n) is 12.8. The van der Waals surface area contributed by atoms with Gasteiger partial charge in [-0.25, -0.2) is 43.9 Å². The summed E-state index contributed by atoms with van der Waals surface area (Å²) < 4.78 is 122. The molecule has 0 amide bonds. The van der Waals surface area contributed by atoms with Crippen molar-refractivity contribution in [2.24, 2.45) is 0 Å². The van der Waals surface area contributed by atoms with Crippen LogP contribution in [0, 0.1) is 58.2 Å². The quantitative estimate of drug-likeness (QED) is 0.271. The first-order valence-electron chi connectivity index (χ1n) is 5.39. The molecule has 2 rings (SSSR count). The minimum absolute atomic E-state index is 0. The van der Waals surface area contributed by atoms with E-state index >= 15 is 0 Å². The predicted molar refractivity (Wildman–Crippen MR) is 60.4 cm³/mol. The van der Waals surface area contributed by atoms with Crippen molar-refractivity contribution in [2.75, 3.05) is 0 Å². The zero-order valence-corrected chi connectivity index (χ0v) is 12.8. The normalized spacial score (nSPS) is 9.62. The second kappa shape index (κ2) is 10.0. The summed E-state index contributed by atoms with van der Waals surface area (Å²) in [5.74, 6) is -21.4. The third kappa shape index (κ3) is 4.83. The molecular formula is C12H2F10Li2N2. The van der Waals surface area contributed by atoms with Crippen LogP contribution in [0.3, 0.4) is 0 Å². The van der Waals surface area contributed by atoms with Crippen molar-refractivity contribution >= 4 is 11.4 Å². The maximum Gasteiger partial charge on any atom is 1.00 e. The maximum absolute atomic E-state index is 12.2. The van der Waals surface area contributed by atoms with Gasteiger partial charge in [-0.3, -0.25) is 0 Å². The first-order valence-corrected chi connectivity index (χ1v) is 5.39. The Morgan fingerprint density at radius 3 is 0.577 bits per heavy atom. The Morgan fingerprint density at radius 1 is 0.308 bits per heavy atom. The van der Waals surface area contributed by atoms with Gasteiger partial charge in [-0.15, -0.1) is 0 Å². The van der Waals surface area contributed by atoms with Crippen LogP contribution in [0.4, 0.5) is 55.3 Å². The van der Waals surface area contributed by atoms with E-state index in [1.165, 1.54) is 0 Å². The maximum atomic E-state index is 12.2. The fourth-order valence-electron chi connectivity index (χ4n) is 1.21. The molecule has 0 aliphatic rings. The van der Waals surface area contributed by atoms with E-state index in [1.807, 2.05) is 0 Å². The van der Waals surface area contributed by atoms with Crippen molar-refractivity contribution in [3.63, 3.8) is 0 Å². The number of hydrogen-bond donors (Lipinski definition) is 0. The van der Waals surface area contributed by atoms with Crippen LogP contribution >= 0.6 is 0 Å². The van der Waals surface area contributed by atoms with E-state index < -0.39 is 69.5 Å². The summed E-state index contributed by atoms with van der Waals surface area (Å²) in [5, 5.41) is 0. The molecule has 2 aromatic rings. The summed E-state index contributed by atoms with van der Waals surface area (Å²) in [6.45, 7) is 0. The Hall–Kier alpha value is -1.47. The smallest absolute Gasteiger partial charge is 0.694 e. The SMILES string of the molecule is [Li+].[Li+].[NH-]c1c(F)c(F)c(F)c(F)c1F.[NH-]c1c(F)c(F)c(F)c(F)c1F. The monoisotopic (exact) mass is 378 g/mol. The molecule has 132 valence electrons. The molecule has 2 nitrogen and oxygen atoms in total. The molecular weight excluding hydrogens is 376 g/mol. The topological polar surface area (TPSA) is 47.6 Å². The van der Waals surface area contributed by atoms with E-state index in [1.54, 1.807) is 0 Å². The molecule has 26 heavy (non-hydrogen) atoms. The van der Waals surface area contributed by atoms with Crippen molar-refractivity contribution in [3.8, 4) is 0 Å². The summed E-state index contributed by atoms with van der Waals surface area (Å²) in [5.41, 5.74) is 9.61. The van der Waals surface area contributed by atoms with Crippen LogP contribution in [0.2, 0.25) is 0 Å². The van der Waals surface area contributed by atoms with Gasteiger partial charge in [0, 0.05) is 0 Å². The number of nitrogens with one attached hydrogen (secondary N) is 2. The Kier molecular flexibility index (Phi) is 10.3. The van der Waals surface area contributed by atoms with Gasteiger partial charge >= 0.3 is 37.7 Å².